The molecule has 3 rings (SSSR count). The van der Waals surface area contributed by atoms with Gasteiger partial charge in [-0.25, -0.2) is 4.79 Å². The molecule has 2 N–H and O–H groups in total. The number of aromatic amines is 1. The van der Waals surface area contributed by atoms with Crippen molar-refractivity contribution in [2.45, 2.75) is 25.8 Å². The maximum atomic E-state index is 10.7. The van der Waals surface area contributed by atoms with Crippen LogP contribution in [0.1, 0.15) is 24.1 Å². The van der Waals surface area contributed by atoms with E-state index >= 15 is 0 Å². The fourth-order valence-electron chi connectivity index (χ4n) is 3.33. The second-order valence-electron chi connectivity index (χ2n) is 6.32. The number of para-hydroxylation sites is 1. The van der Waals surface area contributed by atoms with E-state index in [9.17, 15) is 4.79 Å². The van der Waals surface area contributed by atoms with Crippen LogP contribution in [0.15, 0.2) is 36.5 Å². The van der Waals surface area contributed by atoms with Gasteiger partial charge in [-0.15, -0.1) is 0 Å². The molecular weight excluding hydrogens is 306 g/mol. The number of H-pyrrole nitrogens is 1. The molecule has 0 saturated carbocycles. The van der Waals surface area contributed by atoms with Crippen LogP contribution >= 0.6 is 0 Å². The second kappa shape index (κ2) is 7.97. The summed E-state index contributed by atoms with van der Waals surface area (Å²) in [7, 11) is 0. The maximum absolute atomic E-state index is 10.7. The van der Waals surface area contributed by atoms with Crippen LogP contribution < -0.4 is 4.74 Å². The molecule has 1 atom stereocenters. The fourth-order valence-corrected chi connectivity index (χ4v) is 3.33. The molecule has 0 aliphatic carbocycles. The van der Waals surface area contributed by atoms with E-state index in [1.54, 1.807) is 6.20 Å². The fraction of sp³-hybridized carbons (Fsp3) is 0.444. The standard InChI is InChI=1S/C18H23N3O3/c22-18(23)13-24-17-6-2-1-5-15(17)12-21-9-3-4-14(11-21)10-16-7-8-19-20-16/h1-2,5-8,14H,3-4,9-13H2,(H,19,20)(H,22,23). The quantitative estimate of drug-likeness (QED) is 0.815. The Kier molecular flexibility index (Phi) is 5.48. The predicted octanol–water partition coefficient (Wildman–Crippen LogP) is 2.33. The molecule has 1 aliphatic heterocycles. The molecular formula is C18H23N3O3. The number of nitrogens with one attached hydrogen (secondary N) is 1. The summed E-state index contributed by atoms with van der Waals surface area (Å²) >= 11 is 0. The molecule has 0 spiro atoms. The van der Waals surface area contributed by atoms with Gasteiger partial charge in [0.15, 0.2) is 6.61 Å². The zero-order valence-corrected chi connectivity index (χ0v) is 13.6. The molecule has 1 aliphatic rings. The number of nitrogens with zero attached hydrogens (tertiary/aromatic N) is 2. The van der Waals surface area contributed by atoms with E-state index in [1.807, 2.05) is 30.3 Å². The number of aliphatic carboxylic acids is 1. The Morgan fingerprint density at radius 2 is 2.25 bits per heavy atom. The van der Waals surface area contributed by atoms with E-state index in [-0.39, 0.29) is 6.61 Å². The largest absolute Gasteiger partial charge is 0.482 e. The molecule has 128 valence electrons. The van der Waals surface area contributed by atoms with Crippen LogP contribution in [0.3, 0.4) is 0 Å². The molecule has 2 aromatic rings. The van der Waals surface area contributed by atoms with Gasteiger partial charge >= 0.3 is 5.97 Å². The van der Waals surface area contributed by atoms with Crippen molar-refractivity contribution in [1.82, 2.24) is 15.1 Å². The van der Waals surface area contributed by atoms with E-state index in [2.05, 4.69) is 15.1 Å². The lowest BCUT2D eigenvalue weighted by Gasteiger charge is -2.33. The third-order valence-corrected chi connectivity index (χ3v) is 4.39. The number of ether oxygens (including phenoxy) is 1. The highest BCUT2D eigenvalue weighted by atomic mass is 16.5. The monoisotopic (exact) mass is 329 g/mol. The number of carbonyl (C=O) groups is 1. The van der Waals surface area contributed by atoms with Gasteiger partial charge in [-0.05, 0) is 43.9 Å². The summed E-state index contributed by atoms with van der Waals surface area (Å²) in [6.45, 7) is 2.58. The summed E-state index contributed by atoms with van der Waals surface area (Å²) in [5, 5.41) is 15.9. The molecule has 0 amide bonds. The summed E-state index contributed by atoms with van der Waals surface area (Å²) in [5.41, 5.74) is 2.23. The molecule has 1 aromatic carbocycles. The summed E-state index contributed by atoms with van der Waals surface area (Å²) in [6.07, 6.45) is 5.23. The molecule has 0 radical (unpaired) electrons. The van der Waals surface area contributed by atoms with Crippen molar-refractivity contribution in [3.63, 3.8) is 0 Å². The number of carboxylic acids is 1. The van der Waals surface area contributed by atoms with Gasteiger partial charge in [0.2, 0.25) is 0 Å². The molecule has 1 unspecified atom stereocenters. The minimum absolute atomic E-state index is 0.306. The van der Waals surface area contributed by atoms with Crippen molar-refractivity contribution < 1.29 is 14.6 Å². The summed E-state index contributed by atoms with van der Waals surface area (Å²) in [5.74, 6) is 0.323. The molecule has 6 nitrogen and oxygen atoms in total. The average Bonchev–Trinajstić information content (AvgIpc) is 3.07. The molecule has 1 aromatic heterocycles. The number of piperidine rings is 1. The van der Waals surface area contributed by atoms with E-state index in [0.717, 1.165) is 31.6 Å². The van der Waals surface area contributed by atoms with Gasteiger partial charge in [0.1, 0.15) is 5.75 Å². The maximum Gasteiger partial charge on any atom is 0.341 e. The Bertz CT molecular complexity index is 657. The van der Waals surface area contributed by atoms with Crippen LogP contribution in [-0.2, 0) is 17.8 Å². The minimum atomic E-state index is -0.956. The topological polar surface area (TPSA) is 78.5 Å². The third-order valence-electron chi connectivity index (χ3n) is 4.39. The van der Waals surface area contributed by atoms with Gasteiger partial charge in [0.05, 0.1) is 0 Å². The SMILES string of the molecule is O=C(O)COc1ccccc1CN1CCCC(Cc2ccn[nH]2)C1. The van der Waals surface area contributed by atoms with E-state index in [0.29, 0.717) is 11.7 Å². The van der Waals surface area contributed by atoms with Crippen molar-refractivity contribution >= 4 is 5.97 Å². The van der Waals surface area contributed by atoms with Gasteiger partial charge in [0.25, 0.3) is 0 Å². The number of carboxylic acid groups (broad SMARTS) is 1. The number of aromatic nitrogens is 2. The summed E-state index contributed by atoms with van der Waals surface area (Å²) in [6, 6.07) is 9.72. The number of benzene rings is 1. The van der Waals surface area contributed by atoms with E-state index in [4.69, 9.17) is 9.84 Å². The Morgan fingerprint density at radius 1 is 1.38 bits per heavy atom. The normalized spacial score (nSPS) is 18.4. The summed E-state index contributed by atoms with van der Waals surface area (Å²) in [4.78, 5) is 13.1. The van der Waals surface area contributed by atoms with Crippen molar-refractivity contribution in [3.8, 4) is 5.75 Å². The van der Waals surface area contributed by atoms with Gasteiger partial charge < -0.3 is 9.84 Å². The van der Waals surface area contributed by atoms with Crippen LogP contribution in [-0.4, -0.2) is 45.9 Å². The zero-order valence-electron chi connectivity index (χ0n) is 13.6. The summed E-state index contributed by atoms with van der Waals surface area (Å²) < 4.78 is 5.41. The van der Waals surface area contributed by atoms with Crippen molar-refractivity contribution in [2.75, 3.05) is 19.7 Å². The molecule has 6 heteroatoms. The Balaban J connectivity index is 1.60. The van der Waals surface area contributed by atoms with Gasteiger partial charge in [-0.3, -0.25) is 10.00 Å². The van der Waals surface area contributed by atoms with Crippen molar-refractivity contribution in [3.05, 3.63) is 47.8 Å². The molecule has 1 saturated heterocycles. The first-order chi connectivity index (χ1) is 11.7. The Labute approximate surface area is 141 Å². The highest BCUT2D eigenvalue weighted by Gasteiger charge is 2.21. The first-order valence-corrected chi connectivity index (χ1v) is 8.34. The second-order valence-corrected chi connectivity index (χ2v) is 6.32. The number of hydrogen-bond acceptors (Lipinski definition) is 4. The number of rotatable bonds is 7. The van der Waals surface area contributed by atoms with Crippen LogP contribution in [0.5, 0.6) is 5.75 Å². The third kappa shape index (κ3) is 4.58. The number of likely N-dealkylation sites (tertiary alicyclic amines) is 1. The number of hydrogen-bond donors (Lipinski definition) is 2. The molecule has 1 fully saturated rings. The lowest BCUT2D eigenvalue weighted by atomic mass is 9.93. The highest BCUT2D eigenvalue weighted by molar-refractivity contribution is 5.68. The average molecular weight is 329 g/mol. The van der Waals surface area contributed by atoms with Gasteiger partial charge in [-0.2, -0.15) is 5.10 Å². The first kappa shape index (κ1) is 16.5. The molecule has 0 bridgehead atoms. The van der Waals surface area contributed by atoms with Crippen molar-refractivity contribution in [1.29, 1.82) is 0 Å². The van der Waals surface area contributed by atoms with Crippen LogP contribution in [0.2, 0.25) is 0 Å². The minimum Gasteiger partial charge on any atom is -0.482 e. The van der Waals surface area contributed by atoms with Gasteiger partial charge in [0, 0.05) is 30.5 Å². The van der Waals surface area contributed by atoms with Crippen LogP contribution in [0, 0.1) is 5.92 Å². The zero-order chi connectivity index (χ0) is 16.8. The Hall–Kier alpha value is -2.34. The smallest absolute Gasteiger partial charge is 0.341 e. The lowest BCUT2D eigenvalue weighted by Crippen LogP contribution is -2.35. The first-order valence-electron chi connectivity index (χ1n) is 8.34. The van der Waals surface area contributed by atoms with Crippen molar-refractivity contribution in [2.24, 2.45) is 5.92 Å². The lowest BCUT2D eigenvalue weighted by molar-refractivity contribution is -0.139. The molecule has 2 heterocycles. The predicted molar refractivity (Wildman–Crippen MR) is 89.9 cm³/mol. The van der Waals surface area contributed by atoms with E-state index in [1.165, 1.54) is 18.5 Å². The highest BCUT2D eigenvalue weighted by Crippen LogP contribution is 2.25. The van der Waals surface area contributed by atoms with Crippen LogP contribution in [0.25, 0.3) is 0 Å². The van der Waals surface area contributed by atoms with Crippen LogP contribution in [0.4, 0.5) is 0 Å². The Morgan fingerprint density at radius 3 is 3.04 bits per heavy atom. The molecule has 24 heavy (non-hydrogen) atoms. The van der Waals surface area contributed by atoms with E-state index < -0.39 is 5.97 Å². The van der Waals surface area contributed by atoms with Gasteiger partial charge in [-0.1, -0.05) is 18.2 Å².